The molecule has 2 heterocycles. The number of amides is 1. The normalized spacial score (nSPS) is 11.8. The molecule has 8 nitrogen and oxygen atoms in total. The third-order valence-electron chi connectivity index (χ3n) is 3.72. The van der Waals surface area contributed by atoms with E-state index in [1.807, 2.05) is 31.2 Å². The molecule has 1 amide bonds. The van der Waals surface area contributed by atoms with Gasteiger partial charge >= 0.3 is 0 Å². The van der Waals surface area contributed by atoms with Crippen LogP contribution in [-0.2, 0) is 4.79 Å². The van der Waals surface area contributed by atoms with E-state index >= 15 is 0 Å². The van der Waals surface area contributed by atoms with Crippen molar-refractivity contribution in [3.8, 4) is 17.0 Å². The maximum Gasteiger partial charge on any atom is 0.267 e. The van der Waals surface area contributed by atoms with Crippen molar-refractivity contribution < 1.29 is 14.1 Å². The van der Waals surface area contributed by atoms with E-state index in [0.717, 1.165) is 16.0 Å². The second-order valence-corrected chi connectivity index (χ2v) is 5.51. The van der Waals surface area contributed by atoms with Gasteiger partial charge in [-0.3, -0.25) is 9.59 Å². The summed E-state index contributed by atoms with van der Waals surface area (Å²) >= 11 is 0. The molecule has 1 aromatic carbocycles. The fourth-order valence-electron chi connectivity index (χ4n) is 2.36. The Morgan fingerprint density at radius 1 is 1.23 bits per heavy atom. The minimum absolute atomic E-state index is 0.276. The molecule has 0 bridgehead atoms. The number of ether oxygens (including phenoxy) is 1. The zero-order valence-electron chi connectivity index (χ0n) is 14.4. The van der Waals surface area contributed by atoms with E-state index in [9.17, 15) is 9.59 Å². The first-order valence-corrected chi connectivity index (χ1v) is 8.13. The summed E-state index contributed by atoms with van der Waals surface area (Å²) in [6.07, 6.45) is 1.34. The summed E-state index contributed by atoms with van der Waals surface area (Å²) in [7, 11) is 0. The lowest BCUT2D eigenvalue weighted by atomic mass is 10.1. The minimum Gasteiger partial charge on any atom is -0.494 e. The summed E-state index contributed by atoms with van der Waals surface area (Å²) in [4.78, 5) is 24.5. The van der Waals surface area contributed by atoms with Gasteiger partial charge in [0, 0.05) is 17.7 Å². The average molecular weight is 354 g/mol. The van der Waals surface area contributed by atoms with Crippen molar-refractivity contribution in [2.75, 3.05) is 11.9 Å². The van der Waals surface area contributed by atoms with E-state index in [0.29, 0.717) is 12.3 Å². The number of carbonyl (C=O) groups excluding carboxylic acids is 1. The highest BCUT2D eigenvalue weighted by Gasteiger charge is 2.19. The third kappa shape index (κ3) is 3.80. The second-order valence-electron chi connectivity index (χ2n) is 5.51. The van der Waals surface area contributed by atoms with Crippen molar-refractivity contribution in [1.29, 1.82) is 0 Å². The summed E-state index contributed by atoms with van der Waals surface area (Å²) < 4.78 is 11.2. The molecule has 2 aromatic heterocycles. The predicted octanol–water partition coefficient (Wildman–Crippen LogP) is 2.50. The number of hydrogen-bond donors (Lipinski definition) is 1. The van der Waals surface area contributed by atoms with Gasteiger partial charge in [0.15, 0.2) is 5.82 Å². The standard InChI is InChI=1S/C18H18N4O4/c1-3-25-14-6-4-13(5-7-14)15-8-9-17(23)22(20-15)12(2)18(24)19-16-10-11-26-21-16/h4-12H,3H2,1-2H3,(H,19,21,24)/t12-/m1/s1. The van der Waals surface area contributed by atoms with Gasteiger partial charge in [-0.15, -0.1) is 0 Å². The summed E-state index contributed by atoms with van der Waals surface area (Å²) in [5, 5.41) is 10.5. The number of aromatic nitrogens is 3. The van der Waals surface area contributed by atoms with Crippen LogP contribution in [0.3, 0.4) is 0 Å². The molecule has 0 unspecified atom stereocenters. The maximum atomic E-state index is 12.3. The van der Waals surface area contributed by atoms with Crippen molar-refractivity contribution in [2.24, 2.45) is 0 Å². The molecule has 8 heteroatoms. The van der Waals surface area contributed by atoms with Gasteiger partial charge in [0.05, 0.1) is 12.3 Å². The minimum atomic E-state index is -0.818. The highest BCUT2D eigenvalue weighted by molar-refractivity contribution is 5.92. The van der Waals surface area contributed by atoms with Gasteiger partial charge < -0.3 is 14.6 Å². The molecule has 0 fully saturated rings. The van der Waals surface area contributed by atoms with E-state index in [-0.39, 0.29) is 11.4 Å². The first kappa shape index (κ1) is 17.4. The Bertz CT molecular complexity index is 933. The van der Waals surface area contributed by atoms with Crippen LogP contribution < -0.4 is 15.6 Å². The quantitative estimate of drug-likeness (QED) is 0.730. The van der Waals surface area contributed by atoms with E-state index in [2.05, 4.69) is 20.1 Å². The highest BCUT2D eigenvalue weighted by atomic mass is 16.5. The molecule has 0 aliphatic rings. The van der Waals surface area contributed by atoms with Crippen LogP contribution in [-0.4, -0.2) is 27.5 Å². The van der Waals surface area contributed by atoms with E-state index in [1.54, 1.807) is 13.0 Å². The van der Waals surface area contributed by atoms with Gasteiger partial charge in [0.25, 0.3) is 5.56 Å². The lowest BCUT2D eigenvalue weighted by Gasteiger charge is -2.14. The number of benzene rings is 1. The lowest BCUT2D eigenvalue weighted by Crippen LogP contribution is -2.33. The van der Waals surface area contributed by atoms with Crippen LogP contribution >= 0.6 is 0 Å². The highest BCUT2D eigenvalue weighted by Crippen LogP contribution is 2.20. The molecule has 0 saturated heterocycles. The fourth-order valence-corrected chi connectivity index (χ4v) is 2.36. The summed E-state index contributed by atoms with van der Waals surface area (Å²) in [6.45, 7) is 4.09. The molecule has 0 spiro atoms. The molecular formula is C18H18N4O4. The molecule has 26 heavy (non-hydrogen) atoms. The topological polar surface area (TPSA) is 99.2 Å². The molecular weight excluding hydrogens is 336 g/mol. The van der Waals surface area contributed by atoms with Crippen molar-refractivity contribution in [2.45, 2.75) is 19.9 Å². The van der Waals surface area contributed by atoms with E-state index in [4.69, 9.17) is 4.74 Å². The van der Waals surface area contributed by atoms with Crippen LogP contribution in [0.5, 0.6) is 5.75 Å². The Morgan fingerprint density at radius 2 is 2.00 bits per heavy atom. The van der Waals surface area contributed by atoms with E-state index < -0.39 is 11.9 Å². The summed E-state index contributed by atoms with van der Waals surface area (Å²) in [5.74, 6) is 0.611. The molecule has 3 aromatic rings. The summed E-state index contributed by atoms with van der Waals surface area (Å²) in [5.41, 5.74) is 1.02. The molecule has 0 aliphatic carbocycles. The van der Waals surface area contributed by atoms with Crippen molar-refractivity contribution in [3.63, 3.8) is 0 Å². The van der Waals surface area contributed by atoms with Gasteiger partial charge in [-0.1, -0.05) is 5.16 Å². The number of nitrogens with zero attached hydrogens (tertiary/aromatic N) is 3. The van der Waals surface area contributed by atoms with Crippen molar-refractivity contribution in [1.82, 2.24) is 14.9 Å². The number of carbonyl (C=O) groups is 1. The Kier molecular flexibility index (Phi) is 5.12. The Hall–Kier alpha value is -3.42. The maximum absolute atomic E-state index is 12.3. The molecule has 0 aliphatic heterocycles. The zero-order valence-corrected chi connectivity index (χ0v) is 14.4. The average Bonchev–Trinajstić information content (AvgIpc) is 3.15. The number of nitrogens with one attached hydrogen (secondary N) is 1. The van der Waals surface area contributed by atoms with Gasteiger partial charge in [0.1, 0.15) is 18.1 Å². The Morgan fingerprint density at radius 3 is 2.65 bits per heavy atom. The summed E-state index contributed by atoms with van der Waals surface area (Å²) in [6, 6.07) is 11.1. The van der Waals surface area contributed by atoms with Crippen molar-refractivity contribution >= 4 is 11.7 Å². The monoisotopic (exact) mass is 354 g/mol. The Balaban J connectivity index is 1.85. The molecule has 0 saturated carbocycles. The van der Waals surface area contributed by atoms with E-state index in [1.165, 1.54) is 18.4 Å². The zero-order chi connectivity index (χ0) is 18.5. The van der Waals surface area contributed by atoms with Crippen LogP contribution in [0.2, 0.25) is 0 Å². The van der Waals surface area contributed by atoms with Gasteiger partial charge in [0.2, 0.25) is 5.91 Å². The fraction of sp³-hybridized carbons (Fsp3) is 0.222. The molecule has 3 rings (SSSR count). The number of anilines is 1. The molecule has 134 valence electrons. The van der Waals surface area contributed by atoms with Crippen LogP contribution in [0, 0.1) is 0 Å². The van der Waals surface area contributed by atoms with Gasteiger partial charge in [-0.05, 0) is 44.2 Å². The SMILES string of the molecule is CCOc1ccc(-c2ccc(=O)n([C@H](C)C(=O)Nc3ccon3)n2)cc1. The number of hydrogen-bond acceptors (Lipinski definition) is 6. The van der Waals surface area contributed by atoms with Crippen LogP contribution in [0.15, 0.2) is 58.0 Å². The van der Waals surface area contributed by atoms with Crippen LogP contribution in [0.1, 0.15) is 19.9 Å². The first-order chi connectivity index (χ1) is 12.6. The second kappa shape index (κ2) is 7.64. The third-order valence-corrected chi connectivity index (χ3v) is 3.72. The van der Waals surface area contributed by atoms with Crippen LogP contribution in [0.4, 0.5) is 5.82 Å². The lowest BCUT2D eigenvalue weighted by molar-refractivity contribution is -0.119. The smallest absolute Gasteiger partial charge is 0.267 e. The van der Waals surface area contributed by atoms with Crippen molar-refractivity contribution in [3.05, 3.63) is 59.1 Å². The largest absolute Gasteiger partial charge is 0.494 e. The Labute approximate surface area is 149 Å². The predicted molar refractivity (Wildman–Crippen MR) is 94.9 cm³/mol. The van der Waals surface area contributed by atoms with Gasteiger partial charge in [-0.25, -0.2) is 4.68 Å². The molecule has 0 radical (unpaired) electrons. The molecule has 1 N–H and O–H groups in total. The number of rotatable bonds is 6. The first-order valence-electron chi connectivity index (χ1n) is 8.13. The van der Waals surface area contributed by atoms with Gasteiger partial charge in [-0.2, -0.15) is 5.10 Å². The molecule has 1 atom stereocenters. The van der Waals surface area contributed by atoms with Crippen LogP contribution in [0.25, 0.3) is 11.3 Å².